The number of ketones is 1. The normalized spacial score (nSPS) is 47.0. The second kappa shape index (κ2) is 6.82. The Hall–Kier alpha value is -1.36. The third-order valence-corrected chi connectivity index (χ3v) is 6.98. The zero-order chi connectivity index (χ0) is 22.1. The molecule has 2 aliphatic heterocycles. The Balaban J connectivity index is 1.76. The Morgan fingerprint density at radius 1 is 0.933 bits per heavy atom. The van der Waals surface area contributed by atoms with E-state index < -0.39 is 41.0 Å². The van der Waals surface area contributed by atoms with Crippen molar-refractivity contribution in [3.05, 3.63) is 11.6 Å². The van der Waals surface area contributed by atoms with Crippen molar-refractivity contribution in [1.29, 1.82) is 0 Å². The zero-order valence-corrected chi connectivity index (χ0v) is 18.5. The summed E-state index contributed by atoms with van der Waals surface area (Å²) < 4.78 is 40.3. The van der Waals surface area contributed by atoms with E-state index in [4.69, 9.17) is 33.2 Å². The third-order valence-electron chi connectivity index (χ3n) is 6.98. The van der Waals surface area contributed by atoms with Crippen molar-refractivity contribution in [3.63, 3.8) is 0 Å². The van der Waals surface area contributed by atoms with Gasteiger partial charge in [-0.05, 0) is 46.6 Å². The highest BCUT2D eigenvalue weighted by Crippen LogP contribution is 2.56. The van der Waals surface area contributed by atoms with Gasteiger partial charge in [0.05, 0.1) is 24.7 Å². The number of fused-ring (bicyclic) bond motifs is 2. The predicted octanol–water partition coefficient (Wildman–Crippen LogP) is 1.48. The maximum Gasteiger partial charge on any atom is 0.334 e. The van der Waals surface area contributed by atoms with Crippen LogP contribution in [0.2, 0.25) is 0 Å². The number of ether oxygens (including phenoxy) is 7. The van der Waals surface area contributed by atoms with Gasteiger partial charge in [-0.25, -0.2) is 4.79 Å². The molecule has 1 unspecified atom stereocenters. The number of carbonyl (C=O) groups excluding carboxylic acids is 2. The molecule has 2 heterocycles. The number of hydrogen-bond donors (Lipinski definition) is 0. The van der Waals surface area contributed by atoms with Gasteiger partial charge in [0.2, 0.25) is 11.6 Å². The lowest BCUT2D eigenvalue weighted by Gasteiger charge is -2.53. The number of Topliss-reactive ketones (excluding diaryl/α,β-unsaturated/α-hetero) is 1. The molecule has 0 aromatic heterocycles. The number of carbonyl (C=O) groups is 2. The molecule has 4 rings (SSSR count). The van der Waals surface area contributed by atoms with Gasteiger partial charge < -0.3 is 33.2 Å². The fourth-order valence-corrected chi connectivity index (χ4v) is 5.18. The smallest absolute Gasteiger partial charge is 0.334 e. The molecule has 7 atom stereocenters. The van der Waals surface area contributed by atoms with Gasteiger partial charge in [0.25, 0.3) is 0 Å². The van der Waals surface area contributed by atoms with Crippen molar-refractivity contribution < 1.29 is 42.7 Å². The molecule has 4 aliphatic rings. The quantitative estimate of drug-likeness (QED) is 0.621. The molecule has 0 bridgehead atoms. The van der Waals surface area contributed by atoms with Crippen LogP contribution in [0.25, 0.3) is 0 Å². The van der Waals surface area contributed by atoms with E-state index in [1.54, 1.807) is 19.9 Å². The SMILES string of the molecule is COC(=O)C1=C[C@H]2O[C@](C)(OC)[C@@](C)(OC)O[C@@H]2C(=O)C12C[C@@H]1OC(C)(C)O[C@@H]1C2. The van der Waals surface area contributed by atoms with Crippen molar-refractivity contribution in [2.45, 2.75) is 82.3 Å². The van der Waals surface area contributed by atoms with E-state index in [1.807, 2.05) is 13.8 Å². The summed E-state index contributed by atoms with van der Waals surface area (Å²) in [6.45, 7) is 6.99. The second-order valence-electron chi connectivity index (χ2n) is 9.06. The van der Waals surface area contributed by atoms with E-state index in [1.165, 1.54) is 21.3 Å². The highest BCUT2D eigenvalue weighted by Gasteiger charge is 2.67. The monoisotopic (exact) mass is 426 g/mol. The zero-order valence-electron chi connectivity index (χ0n) is 18.5. The summed E-state index contributed by atoms with van der Waals surface area (Å²) in [5.41, 5.74) is -0.891. The van der Waals surface area contributed by atoms with Crippen LogP contribution in [0.4, 0.5) is 0 Å². The molecule has 2 saturated heterocycles. The standard InChI is InChI=1S/C21H30O9/c1-18(2)27-13-9-21(10-14(13)28-18)11(17(23)24-5)8-12-15(16(21)22)30-20(4,26-7)19(3,25-6)29-12/h8,12-15H,9-10H2,1-7H3/t12-,13-,14+,15+,19+,20+,21?/m1/s1. The van der Waals surface area contributed by atoms with Crippen LogP contribution in [0.5, 0.6) is 0 Å². The van der Waals surface area contributed by atoms with E-state index in [0.717, 1.165) is 0 Å². The fourth-order valence-electron chi connectivity index (χ4n) is 5.18. The first-order chi connectivity index (χ1) is 13.9. The highest BCUT2D eigenvalue weighted by molar-refractivity contribution is 6.05. The molecule has 2 aliphatic carbocycles. The van der Waals surface area contributed by atoms with E-state index >= 15 is 0 Å². The van der Waals surface area contributed by atoms with Crippen LogP contribution < -0.4 is 0 Å². The molecule has 9 nitrogen and oxygen atoms in total. The summed E-state index contributed by atoms with van der Waals surface area (Å²) >= 11 is 0. The Labute approximate surface area is 175 Å². The van der Waals surface area contributed by atoms with Gasteiger partial charge in [-0.2, -0.15) is 0 Å². The van der Waals surface area contributed by atoms with Crippen LogP contribution in [0.1, 0.15) is 40.5 Å². The Morgan fingerprint density at radius 2 is 1.47 bits per heavy atom. The van der Waals surface area contributed by atoms with Crippen molar-refractivity contribution in [3.8, 4) is 0 Å². The van der Waals surface area contributed by atoms with Gasteiger partial charge in [0, 0.05) is 19.8 Å². The summed E-state index contributed by atoms with van der Waals surface area (Å²) in [6.07, 6.45) is -0.191. The summed E-state index contributed by atoms with van der Waals surface area (Å²) in [6, 6.07) is 0. The minimum atomic E-state index is -1.33. The first kappa shape index (κ1) is 21.9. The summed E-state index contributed by atoms with van der Waals surface area (Å²) in [5, 5.41) is 0. The Bertz CT molecular complexity index is 773. The molecule has 168 valence electrons. The molecule has 0 aromatic rings. The van der Waals surface area contributed by atoms with Gasteiger partial charge in [-0.1, -0.05) is 0 Å². The highest BCUT2D eigenvalue weighted by atomic mass is 16.8. The average Bonchev–Trinajstić information content (AvgIpc) is 3.17. The van der Waals surface area contributed by atoms with Crippen molar-refractivity contribution in [2.24, 2.45) is 5.41 Å². The summed E-state index contributed by atoms with van der Waals surface area (Å²) in [7, 11) is 4.22. The molecule has 1 saturated carbocycles. The van der Waals surface area contributed by atoms with Gasteiger partial charge in [0.15, 0.2) is 17.7 Å². The molecule has 9 heteroatoms. The van der Waals surface area contributed by atoms with Crippen LogP contribution in [0.3, 0.4) is 0 Å². The lowest BCUT2D eigenvalue weighted by Crippen LogP contribution is -2.68. The fraction of sp³-hybridized carbons (Fsp3) is 0.810. The molecule has 0 N–H and O–H groups in total. The second-order valence-corrected chi connectivity index (χ2v) is 9.06. The lowest BCUT2D eigenvalue weighted by molar-refractivity contribution is -0.437. The molecule has 3 fully saturated rings. The Kier molecular flexibility index (Phi) is 4.97. The molecule has 0 aromatic carbocycles. The predicted molar refractivity (Wildman–Crippen MR) is 101 cm³/mol. The van der Waals surface area contributed by atoms with Gasteiger partial charge in [-0.15, -0.1) is 0 Å². The molecule has 0 radical (unpaired) electrons. The molecule has 30 heavy (non-hydrogen) atoms. The number of hydrogen-bond acceptors (Lipinski definition) is 9. The molecule has 1 spiro atoms. The molecular weight excluding hydrogens is 396 g/mol. The van der Waals surface area contributed by atoms with Crippen molar-refractivity contribution >= 4 is 11.8 Å². The van der Waals surface area contributed by atoms with Crippen LogP contribution in [-0.4, -0.2) is 74.9 Å². The minimum Gasteiger partial charge on any atom is -0.466 e. The molecular formula is C21H30O9. The third kappa shape index (κ3) is 2.91. The van der Waals surface area contributed by atoms with Gasteiger partial charge >= 0.3 is 5.97 Å². The first-order valence-corrected chi connectivity index (χ1v) is 10.1. The number of esters is 1. The lowest BCUT2D eigenvalue weighted by atomic mass is 9.67. The van der Waals surface area contributed by atoms with Gasteiger partial charge in [-0.3, -0.25) is 4.79 Å². The summed E-state index contributed by atoms with van der Waals surface area (Å²) in [5.74, 6) is -4.21. The first-order valence-electron chi connectivity index (χ1n) is 10.1. The number of rotatable bonds is 3. The topological polar surface area (TPSA) is 98.8 Å². The van der Waals surface area contributed by atoms with E-state index in [0.29, 0.717) is 12.8 Å². The van der Waals surface area contributed by atoms with Crippen LogP contribution in [0.15, 0.2) is 11.6 Å². The van der Waals surface area contributed by atoms with E-state index in [9.17, 15) is 9.59 Å². The molecule has 0 amide bonds. The maximum atomic E-state index is 13.8. The van der Waals surface area contributed by atoms with Crippen molar-refractivity contribution in [2.75, 3.05) is 21.3 Å². The number of methoxy groups -OCH3 is 3. The van der Waals surface area contributed by atoms with Crippen LogP contribution in [-0.2, 0) is 42.7 Å². The summed E-state index contributed by atoms with van der Waals surface area (Å²) in [4.78, 5) is 26.6. The van der Waals surface area contributed by atoms with E-state index in [-0.39, 0.29) is 23.6 Å². The maximum absolute atomic E-state index is 13.8. The van der Waals surface area contributed by atoms with Crippen LogP contribution >= 0.6 is 0 Å². The Morgan fingerprint density at radius 3 is 1.97 bits per heavy atom. The van der Waals surface area contributed by atoms with E-state index in [2.05, 4.69) is 0 Å². The van der Waals surface area contributed by atoms with Crippen molar-refractivity contribution in [1.82, 2.24) is 0 Å². The van der Waals surface area contributed by atoms with Crippen LogP contribution in [0, 0.1) is 5.41 Å². The minimum absolute atomic E-state index is 0.249. The van der Waals surface area contributed by atoms with Gasteiger partial charge in [0.1, 0.15) is 6.10 Å². The largest absolute Gasteiger partial charge is 0.466 e. The average molecular weight is 426 g/mol.